The molecule has 0 bridgehead atoms. The van der Waals surface area contributed by atoms with Crippen LogP contribution in [0.4, 0.5) is 5.69 Å². The van der Waals surface area contributed by atoms with Crippen LogP contribution in [0.25, 0.3) is 11.0 Å². The first kappa shape index (κ1) is 18.4. The molecule has 0 atom stereocenters. The molecular weight excluding hydrogens is 377 g/mol. The van der Waals surface area contributed by atoms with Crippen LogP contribution in [0.1, 0.15) is 20.8 Å². The molecule has 0 aliphatic rings. The van der Waals surface area contributed by atoms with Gasteiger partial charge >= 0.3 is 0 Å². The zero-order valence-corrected chi connectivity index (χ0v) is 16.0. The number of carbonyl (C=O) groups is 1. The van der Waals surface area contributed by atoms with E-state index in [0.717, 1.165) is 0 Å². The third-order valence-electron chi connectivity index (χ3n) is 3.71. The van der Waals surface area contributed by atoms with Crippen molar-refractivity contribution >= 4 is 45.8 Å². The van der Waals surface area contributed by atoms with E-state index in [-0.39, 0.29) is 23.6 Å². The minimum Gasteiger partial charge on any atom is -0.324 e. The Hall–Kier alpha value is -2.38. The van der Waals surface area contributed by atoms with E-state index in [1.165, 1.54) is 17.1 Å². The van der Waals surface area contributed by atoms with Crippen LogP contribution < -0.4 is 10.9 Å². The van der Waals surface area contributed by atoms with Crippen molar-refractivity contribution < 1.29 is 4.79 Å². The topological polar surface area (TPSA) is 81.8 Å². The summed E-state index contributed by atoms with van der Waals surface area (Å²) in [4.78, 5) is 29.1. The van der Waals surface area contributed by atoms with Gasteiger partial charge in [0.2, 0.25) is 5.91 Å². The van der Waals surface area contributed by atoms with Gasteiger partial charge in [-0.3, -0.25) is 14.2 Å². The average Bonchev–Trinajstić information content (AvgIpc) is 2.99. The maximum atomic E-state index is 12.6. The summed E-state index contributed by atoms with van der Waals surface area (Å²) in [6.45, 7) is 5.73. The van der Waals surface area contributed by atoms with Gasteiger partial charge < -0.3 is 5.32 Å². The molecule has 3 rings (SSSR count). The van der Waals surface area contributed by atoms with E-state index in [1.807, 2.05) is 20.8 Å². The van der Waals surface area contributed by atoms with Crippen molar-refractivity contribution in [3.8, 4) is 0 Å². The number of nitrogens with one attached hydrogen (secondary N) is 1. The second-order valence-corrected chi connectivity index (χ2v) is 7.63. The van der Waals surface area contributed by atoms with E-state index in [1.54, 1.807) is 22.9 Å². The van der Waals surface area contributed by atoms with Gasteiger partial charge in [0.15, 0.2) is 5.65 Å². The molecule has 0 aliphatic heterocycles. The fraction of sp³-hybridized carbons (Fsp3) is 0.294. The predicted octanol–water partition coefficient (Wildman–Crippen LogP) is 3.29. The van der Waals surface area contributed by atoms with Crippen molar-refractivity contribution in [2.45, 2.75) is 32.9 Å². The first-order valence-electron chi connectivity index (χ1n) is 7.85. The first-order chi connectivity index (χ1) is 12.2. The van der Waals surface area contributed by atoms with Gasteiger partial charge in [0, 0.05) is 5.69 Å². The number of fused-ring (bicyclic) bond motifs is 1. The molecule has 9 heteroatoms. The molecule has 2 aromatic heterocycles. The molecule has 1 N–H and O–H groups in total. The Morgan fingerprint density at radius 3 is 2.62 bits per heavy atom. The third kappa shape index (κ3) is 3.59. The zero-order valence-electron chi connectivity index (χ0n) is 14.5. The highest BCUT2D eigenvalue weighted by molar-refractivity contribution is 6.42. The number of amides is 1. The molecule has 2 heterocycles. The second kappa shape index (κ2) is 6.74. The zero-order chi connectivity index (χ0) is 19.1. The van der Waals surface area contributed by atoms with Crippen LogP contribution in [0.15, 0.2) is 35.5 Å². The largest absolute Gasteiger partial charge is 0.324 e. The Kier molecular flexibility index (Phi) is 4.77. The number of carbonyl (C=O) groups excluding carboxylic acids is 1. The van der Waals surface area contributed by atoms with Crippen LogP contribution in [-0.4, -0.2) is 25.2 Å². The van der Waals surface area contributed by atoms with Gasteiger partial charge in [0.05, 0.1) is 21.8 Å². The molecule has 0 fully saturated rings. The highest BCUT2D eigenvalue weighted by Crippen LogP contribution is 2.25. The van der Waals surface area contributed by atoms with E-state index in [9.17, 15) is 9.59 Å². The van der Waals surface area contributed by atoms with E-state index in [0.29, 0.717) is 26.8 Å². The van der Waals surface area contributed by atoms with Crippen LogP contribution in [0, 0.1) is 0 Å². The smallest absolute Gasteiger partial charge is 0.264 e. The summed E-state index contributed by atoms with van der Waals surface area (Å²) in [5.74, 6) is -0.380. The fourth-order valence-corrected chi connectivity index (χ4v) is 2.78. The fourth-order valence-electron chi connectivity index (χ4n) is 2.48. The van der Waals surface area contributed by atoms with Crippen molar-refractivity contribution in [2.75, 3.05) is 5.32 Å². The number of rotatable bonds is 3. The Balaban J connectivity index is 1.84. The molecular formula is C17H17Cl2N5O2. The minimum absolute atomic E-state index is 0.178. The van der Waals surface area contributed by atoms with E-state index >= 15 is 0 Å². The molecule has 7 nitrogen and oxygen atoms in total. The number of aromatic nitrogens is 4. The van der Waals surface area contributed by atoms with Crippen molar-refractivity contribution in [1.82, 2.24) is 19.3 Å². The molecule has 0 saturated heterocycles. The second-order valence-electron chi connectivity index (χ2n) is 6.82. The van der Waals surface area contributed by atoms with Gasteiger partial charge in [0.1, 0.15) is 18.3 Å². The predicted molar refractivity (Wildman–Crippen MR) is 102 cm³/mol. The maximum absolute atomic E-state index is 12.6. The van der Waals surface area contributed by atoms with Gasteiger partial charge in [-0.25, -0.2) is 9.67 Å². The highest BCUT2D eigenvalue weighted by Gasteiger charge is 2.20. The lowest BCUT2D eigenvalue weighted by molar-refractivity contribution is -0.116. The number of anilines is 1. The van der Waals surface area contributed by atoms with Crippen molar-refractivity contribution in [3.63, 3.8) is 0 Å². The molecule has 0 radical (unpaired) electrons. The standard InChI is InChI=1S/C17H17Cl2N5O2/c1-17(2,3)24-15-11(7-21-24)16(26)23(9-20-15)8-14(25)22-10-4-5-12(18)13(19)6-10/h4-7,9H,8H2,1-3H3,(H,22,25). The Morgan fingerprint density at radius 1 is 1.23 bits per heavy atom. The van der Waals surface area contributed by atoms with Crippen LogP contribution in [0.5, 0.6) is 0 Å². The number of halogens is 2. The monoisotopic (exact) mass is 393 g/mol. The summed E-state index contributed by atoms with van der Waals surface area (Å²) in [7, 11) is 0. The Labute approximate surface area is 159 Å². The van der Waals surface area contributed by atoms with E-state index in [2.05, 4.69) is 15.4 Å². The van der Waals surface area contributed by atoms with Crippen molar-refractivity contribution in [2.24, 2.45) is 0 Å². The van der Waals surface area contributed by atoms with Gasteiger partial charge in [-0.2, -0.15) is 5.10 Å². The number of hydrogen-bond acceptors (Lipinski definition) is 4. The van der Waals surface area contributed by atoms with E-state index < -0.39 is 0 Å². The molecule has 0 unspecified atom stereocenters. The summed E-state index contributed by atoms with van der Waals surface area (Å²) >= 11 is 11.8. The first-order valence-corrected chi connectivity index (χ1v) is 8.61. The summed E-state index contributed by atoms with van der Waals surface area (Å²) in [5, 5.41) is 8.01. The highest BCUT2D eigenvalue weighted by atomic mass is 35.5. The van der Waals surface area contributed by atoms with E-state index in [4.69, 9.17) is 23.2 Å². The quantitative estimate of drug-likeness (QED) is 0.739. The van der Waals surface area contributed by atoms with Gasteiger partial charge in [0.25, 0.3) is 5.56 Å². The minimum atomic E-state index is -0.380. The summed E-state index contributed by atoms with van der Waals surface area (Å²) in [5.41, 5.74) is 0.351. The van der Waals surface area contributed by atoms with Crippen LogP contribution >= 0.6 is 23.2 Å². The Bertz CT molecular complexity index is 1050. The molecule has 0 aliphatic carbocycles. The third-order valence-corrected chi connectivity index (χ3v) is 4.45. The van der Waals surface area contributed by atoms with Crippen molar-refractivity contribution in [3.05, 3.63) is 51.1 Å². The molecule has 26 heavy (non-hydrogen) atoms. The lowest BCUT2D eigenvalue weighted by Crippen LogP contribution is -2.29. The van der Waals surface area contributed by atoms with Crippen LogP contribution in [0.2, 0.25) is 10.0 Å². The normalized spacial score (nSPS) is 11.7. The van der Waals surface area contributed by atoms with Gasteiger partial charge in [-0.15, -0.1) is 0 Å². The van der Waals surface area contributed by atoms with Crippen molar-refractivity contribution in [1.29, 1.82) is 0 Å². The number of nitrogens with zero attached hydrogens (tertiary/aromatic N) is 4. The SMILES string of the molecule is CC(C)(C)n1ncc2c(=O)n(CC(=O)Nc3ccc(Cl)c(Cl)c3)cnc21. The molecule has 1 aromatic carbocycles. The molecule has 0 spiro atoms. The molecule has 136 valence electrons. The lowest BCUT2D eigenvalue weighted by atomic mass is 10.1. The maximum Gasteiger partial charge on any atom is 0.264 e. The summed E-state index contributed by atoms with van der Waals surface area (Å²) in [6, 6.07) is 4.75. The molecule has 1 amide bonds. The molecule has 0 saturated carbocycles. The average molecular weight is 394 g/mol. The molecule has 3 aromatic rings. The summed E-state index contributed by atoms with van der Waals surface area (Å²) < 4.78 is 2.92. The number of benzene rings is 1. The Morgan fingerprint density at radius 2 is 1.96 bits per heavy atom. The van der Waals surface area contributed by atoms with Gasteiger partial charge in [-0.1, -0.05) is 23.2 Å². The van der Waals surface area contributed by atoms with Gasteiger partial charge in [-0.05, 0) is 39.0 Å². The summed E-state index contributed by atoms with van der Waals surface area (Å²) in [6.07, 6.45) is 2.83. The lowest BCUT2D eigenvalue weighted by Gasteiger charge is -2.19. The van der Waals surface area contributed by atoms with Crippen LogP contribution in [0.3, 0.4) is 0 Å². The number of hydrogen-bond donors (Lipinski definition) is 1. The van der Waals surface area contributed by atoms with Crippen LogP contribution in [-0.2, 0) is 16.9 Å².